The maximum atomic E-state index is 8.92. The summed E-state index contributed by atoms with van der Waals surface area (Å²) in [6, 6.07) is 19.8. The summed E-state index contributed by atoms with van der Waals surface area (Å²) in [7, 11) is 2.27. The van der Waals surface area contributed by atoms with E-state index in [0.717, 1.165) is 24.8 Å². The van der Waals surface area contributed by atoms with Crippen LogP contribution >= 0.6 is 24.8 Å². The summed E-state index contributed by atoms with van der Waals surface area (Å²) in [5, 5.41) is 8.92. The molecule has 0 aromatic heterocycles. The number of likely N-dealkylation sites (tertiary alicyclic amines) is 2. The predicted octanol–water partition coefficient (Wildman–Crippen LogP) is 3.64. The van der Waals surface area contributed by atoms with Gasteiger partial charge >= 0.3 is 0 Å². The normalized spacial score (nSPS) is 24.3. The maximum Gasteiger partial charge on any atom is 0.119 e. The lowest BCUT2D eigenvalue weighted by Crippen LogP contribution is -2.28. The number of halogens is 2. The van der Waals surface area contributed by atoms with Crippen molar-refractivity contribution in [3.05, 3.63) is 65.7 Å². The molecule has 2 aromatic rings. The molecule has 0 spiro atoms. The van der Waals surface area contributed by atoms with Gasteiger partial charge in [-0.15, -0.1) is 24.8 Å². The average molecular weight is 425 g/mol. The average Bonchev–Trinajstić information content (AvgIpc) is 3.16. The molecule has 6 heteroatoms. The number of hydrogen-bond acceptors (Lipinski definition) is 4. The zero-order valence-corrected chi connectivity index (χ0v) is 17.9. The topological polar surface area (TPSA) is 35.9 Å². The zero-order valence-electron chi connectivity index (χ0n) is 16.2. The largest absolute Gasteiger partial charge is 0.491 e. The fourth-order valence-corrected chi connectivity index (χ4v) is 4.79. The first-order chi connectivity index (χ1) is 12.7. The van der Waals surface area contributed by atoms with Gasteiger partial charge in [0.15, 0.2) is 0 Å². The predicted molar refractivity (Wildman–Crippen MR) is 118 cm³/mol. The van der Waals surface area contributed by atoms with E-state index in [2.05, 4.69) is 59.3 Å². The fraction of sp³-hybridized carbons (Fsp3) is 0.455. The van der Waals surface area contributed by atoms with E-state index in [0.29, 0.717) is 18.6 Å². The van der Waals surface area contributed by atoms with Gasteiger partial charge < -0.3 is 9.84 Å². The Morgan fingerprint density at radius 2 is 1.79 bits per heavy atom. The Balaban J connectivity index is 0.00000140. The molecule has 1 N–H and O–H groups in total. The van der Waals surface area contributed by atoms with Gasteiger partial charge in [0, 0.05) is 32.2 Å². The summed E-state index contributed by atoms with van der Waals surface area (Å²) >= 11 is 0. The molecule has 0 saturated carbocycles. The van der Waals surface area contributed by atoms with E-state index in [-0.39, 0.29) is 31.4 Å². The first-order valence-corrected chi connectivity index (χ1v) is 9.55. The minimum Gasteiger partial charge on any atom is -0.491 e. The molecule has 4 rings (SSSR count). The van der Waals surface area contributed by atoms with Crippen LogP contribution in [0.4, 0.5) is 0 Å². The van der Waals surface area contributed by atoms with Crippen LogP contribution in [0, 0.1) is 11.8 Å². The van der Waals surface area contributed by atoms with Crippen LogP contribution in [-0.2, 0) is 6.54 Å². The summed E-state index contributed by atoms with van der Waals surface area (Å²) in [6.07, 6.45) is 0. The monoisotopic (exact) mass is 424 g/mol. The number of nitrogens with zero attached hydrogens (tertiary/aromatic N) is 2. The number of aliphatic hydroxyl groups is 1. The van der Waals surface area contributed by atoms with E-state index in [1.165, 1.54) is 24.2 Å². The second-order valence-electron chi connectivity index (χ2n) is 7.63. The Hall–Kier alpha value is -1.30. The van der Waals surface area contributed by atoms with Gasteiger partial charge in [0.2, 0.25) is 0 Å². The SMILES string of the molecule is CN1C[C@H]2CN(Cc3cccc(OCCO)c3)C[C@H]2[C@@H]1c1ccccc1.Cl.Cl. The summed E-state index contributed by atoms with van der Waals surface area (Å²) in [4.78, 5) is 5.12. The van der Waals surface area contributed by atoms with Gasteiger partial charge in [0.25, 0.3) is 0 Å². The molecule has 2 aromatic carbocycles. The number of hydrogen-bond donors (Lipinski definition) is 1. The lowest BCUT2D eigenvalue weighted by molar-refractivity contribution is 0.201. The number of aliphatic hydroxyl groups excluding tert-OH is 1. The Labute approximate surface area is 180 Å². The fourth-order valence-electron chi connectivity index (χ4n) is 4.79. The summed E-state index contributed by atoms with van der Waals surface area (Å²) in [5.74, 6) is 2.30. The molecule has 0 amide bonds. The van der Waals surface area contributed by atoms with Gasteiger partial charge in [-0.05, 0) is 42.1 Å². The third-order valence-electron chi connectivity index (χ3n) is 5.78. The molecular formula is C22H30Cl2N2O2. The van der Waals surface area contributed by atoms with Crippen LogP contribution in [0.3, 0.4) is 0 Å². The van der Waals surface area contributed by atoms with Crippen molar-refractivity contribution in [2.45, 2.75) is 12.6 Å². The number of ether oxygens (including phenoxy) is 1. The van der Waals surface area contributed by atoms with Crippen molar-refractivity contribution in [3.8, 4) is 5.75 Å². The molecular weight excluding hydrogens is 395 g/mol. The van der Waals surface area contributed by atoms with Gasteiger partial charge in [-0.3, -0.25) is 9.80 Å². The highest BCUT2D eigenvalue weighted by Gasteiger charge is 2.45. The standard InChI is InChI=1S/C22H28N2O2.2ClH/c1-23-14-19-15-24(13-17-6-5-9-20(12-17)26-11-10-25)16-21(19)22(23)18-7-3-2-4-8-18;;/h2-9,12,19,21-22,25H,10-11,13-16H2,1H3;2*1H/t19-,21+,22-;;/m0../s1. The lowest BCUT2D eigenvalue weighted by Gasteiger charge is -2.27. The van der Waals surface area contributed by atoms with Gasteiger partial charge in [-0.1, -0.05) is 42.5 Å². The molecule has 0 bridgehead atoms. The Bertz CT molecular complexity index is 731. The highest BCUT2D eigenvalue weighted by Crippen LogP contribution is 2.44. The molecule has 2 saturated heterocycles. The van der Waals surface area contributed by atoms with Gasteiger partial charge in [-0.25, -0.2) is 0 Å². The third-order valence-corrected chi connectivity index (χ3v) is 5.78. The molecule has 3 atom stereocenters. The van der Waals surface area contributed by atoms with Gasteiger partial charge in [-0.2, -0.15) is 0 Å². The van der Waals surface area contributed by atoms with Crippen LogP contribution in [0.15, 0.2) is 54.6 Å². The Morgan fingerprint density at radius 3 is 2.54 bits per heavy atom. The van der Waals surface area contributed by atoms with Crippen LogP contribution < -0.4 is 4.74 Å². The van der Waals surface area contributed by atoms with Crippen LogP contribution in [0.25, 0.3) is 0 Å². The molecule has 0 radical (unpaired) electrons. The van der Waals surface area contributed by atoms with Crippen LogP contribution in [-0.4, -0.2) is 54.8 Å². The van der Waals surface area contributed by atoms with Crippen LogP contribution in [0.5, 0.6) is 5.75 Å². The molecule has 154 valence electrons. The second-order valence-corrected chi connectivity index (χ2v) is 7.63. The van der Waals surface area contributed by atoms with E-state index in [1.54, 1.807) is 0 Å². The van der Waals surface area contributed by atoms with Crippen molar-refractivity contribution in [3.63, 3.8) is 0 Å². The van der Waals surface area contributed by atoms with Gasteiger partial charge in [0.1, 0.15) is 12.4 Å². The number of fused-ring (bicyclic) bond motifs is 1. The Kier molecular flexibility index (Phi) is 8.59. The van der Waals surface area contributed by atoms with Crippen molar-refractivity contribution in [2.24, 2.45) is 11.8 Å². The van der Waals surface area contributed by atoms with Crippen molar-refractivity contribution in [1.82, 2.24) is 9.80 Å². The molecule has 0 unspecified atom stereocenters. The first kappa shape index (κ1) is 23.0. The van der Waals surface area contributed by atoms with E-state index >= 15 is 0 Å². The quantitative estimate of drug-likeness (QED) is 0.767. The van der Waals surface area contributed by atoms with Crippen molar-refractivity contribution < 1.29 is 9.84 Å². The third kappa shape index (κ3) is 5.00. The molecule has 2 fully saturated rings. The van der Waals surface area contributed by atoms with E-state index in [4.69, 9.17) is 9.84 Å². The first-order valence-electron chi connectivity index (χ1n) is 9.55. The molecule has 28 heavy (non-hydrogen) atoms. The highest BCUT2D eigenvalue weighted by molar-refractivity contribution is 5.85. The summed E-state index contributed by atoms with van der Waals surface area (Å²) in [5.41, 5.74) is 2.73. The van der Waals surface area contributed by atoms with Crippen molar-refractivity contribution >= 4 is 24.8 Å². The summed E-state index contributed by atoms with van der Waals surface area (Å²) < 4.78 is 5.55. The van der Waals surface area contributed by atoms with Gasteiger partial charge in [0.05, 0.1) is 6.61 Å². The van der Waals surface area contributed by atoms with Crippen LogP contribution in [0.2, 0.25) is 0 Å². The molecule has 2 aliphatic heterocycles. The molecule has 2 heterocycles. The lowest BCUT2D eigenvalue weighted by atomic mass is 9.90. The number of benzene rings is 2. The molecule has 2 aliphatic rings. The van der Waals surface area contributed by atoms with E-state index < -0.39 is 0 Å². The smallest absolute Gasteiger partial charge is 0.119 e. The highest BCUT2D eigenvalue weighted by atomic mass is 35.5. The minimum absolute atomic E-state index is 0. The zero-order chi connectivity index (χ0) is 17.9. The van der Waals surface area contributed by atoms with Crippen LogP contribution in [0.1, 0.15) is 17.2 Å². The molecule has 0 aliphatic carbocycles. The van der Waals surface area contributed by atoms with E-state index in [9.17, 15) is 0 Å². The summed E-state index contributed by atoms with van der Waals surface area (Å²) in [6.45, 7) is 4.86. The second kappa shape index (κ2) is 10.5. The number of rotatable bonds is 6. The maximum absolute atomic E-state index is 8.92. The van der Waals surface area contributed by atoms with Crippen molar-refractivity contribution in [1.29, 1.82) is 0 Å². The molecule has 4 nitrogen and oxygen atoms in total. The van der Waals surface area contributed by atoms with Crippen molar-refractivity contribution in [2.75, 3.05) is 39.9 Å². The van der Waals surface area contributed by atoms with E-state index in [1.807, 2.05) is 12.1 Å². The Morgan fingerprint density at radius 1 is 1.00 bits per heavy atom. The minimum atomic E-state index is 0.